The molecule has 1 aliphatic rings. The van der Waals surface area contributed by atoms with Gasteiger partial charge in [-0.2, -0.15) is 0 Å². The third kappa shape index (κ3) is 5.60. The van der Waals surface area contributed by atoms with E-state index in [1.165, 1.54) is 0 Å². The number of thioether (sulfide) groups is 1. The second-order valence-corrected chi connectivity index (χ2v) is 8.11. The number of carbonyl (C=O) groups excluding carboxylic acids is 2. The van der Waals surface area contributed by atoms with Gasteiger partial charge >= 0.3 is 0 Å². The van der Waals surface area contributed by atoms with Crippen LogP contribution in [0.15, 0.2) is 24.3 Å². The highest BCUT2D eigenvalue weighted by atomic mass is 35.5. The fraction of sp³-hybridized carbons (Fsp3) is 0.529. The van der Waals surface area contributed by atoms with Gasteiger partial charge in [0, 0.05) is 16.3 Å². The fourth-order valence-corrected chi connectivity index (χ4v) is 3.60. The van der Waals surface area contributed by atoms with Gasteiger partial charge < -0.3 is 15.0 Å². The van der Waals surface area contributed by atoms with E-state index in [1.807, 2.05) is 20.8 Å². The van der Waals surface area contributed by atoms with Crippen LogP contribution in [0.4, 0.5) is 0 Å². The lowest BCUT2D eigenvalue weighted by Gasteiger charge is -2.27. The Morgan fingerprint density at radius 2 is 2.00 bits per heavy atom. The quantitative estimate of drug-likeness (QED) is 0.865. The summed E-state index contributed by atoms with van der Waals surface area (Å²) in [4.78, 5) is 26.4. The molecule has 2 rings (SSSR count). The van der Waals surface area contributed by atoms with E-state index in [9.17, 15) is 9.59 Å². The standard InChI is InChI=1S/C17H23ClN2O3S/c1-17(2,3)19-16(22)14-10-24-11-20(14)15(21)8-9-23-13-6-4-12(18)5-7-13/h4-7,14H,8-11H2,1-3H3,(H,19,22). The maximum absolute atomic E-state index is 12.4. The van der Waals surface area contributed by atoms with Crippen molar-refractivity contribution in [3.8, 4) is 5.75 Å². The van der Waals surface area contributed by atoms with Crippen molar-refractivity contribution in [3.63, 3.8) is 0 Å². The highest BCUT2D eigenvalue weighted by Gasteiger charge is 2.35. The van der Waals surface area contributed by atoms with E-state index in [0.29, 0.717) is 22.4 Å². The molecule has 0 spiro atoms. The van der Waals surface area contributed by atoms with Gasteiger partial charge in [0.05, 0.1) is 18.9 Å². The van der Waals surface area contributed by atoms with Crippen LogP contribution in [0.3, 0.4) is 0 Å². The molecule has 1 aromatic rings. The molecule has 0 aliphatic carbocycles. The van der Waals surface area contributed by atoms with Gasteiger partial charge in [0.25, 0.3) is 0 Å². The zero-order chi connectivity index (χ0) is 17.7. The first kappa shape index (κ1) is 18.9. The Morgan fingerprint density at radius 3 is 2.62 bits per heavy atom. The maximum atomic E-state index is 12.4. The number of nitrogens with zero attached hydrogens (tertiary/aromatic N) is 1. The van der Waals surface area contributed by atoms with Gasteiger partial charge in [0.1, 0.15) is 11.8 Å². The first-order chi connectivity index (χ1) is 11.3. The number of rotatable bonds is 5. The lowest BCUT2D eigenvalue weighted by atomic mass is 10.1. The summed E-state index contributed by atoms with van der Waals surface area (Å²) >= 11 is 7.41. The van der Waals surface area contributed by atoms with Crippen LogP contribution in [0.25, 0.3) is 0 Å². The van der Waals surface area contributed by atoms with Crippen molar-refractivity contribution in [2.24, 2.45) is 0 Å². The first-order valence-electron chi connectivity index (χ1n) is 7.84. The van der Waals surface area contributed by atoms with E-state index >= 15 is 0 Å². The van der Waals surface area contributed by atoms with Gasteiger partial charge in [0.15, 0.2) is 0 Å². The molecule has 0 aromatic heterocycles. The van der Waals surface area contributed by atoms with Gasteiger partial charge in [-0.25, -0.2) is 0 Å². The van der Waals surface area contributed by atoms with Gasteiger partial charge in [0.2, 0.25) is 11.8 Å². The summed E-state index contributed by atoms with van der Waals surface area (Å²) in [6.45, 7) is 6.06. The molecule has 1 aromatic carbocycles. The lowest BCUT2D eigenvalue weighted by Crippen LogP contribution is -2.52. The Balaban J connectivity index is 1.84. The third-order valence-electron chi connectivity index (χ3n) is 3.40. The molecule has 132 valence electrons. The average Bonchev–Trinajstić information content (AvgIpc) is 2.97. The zero-order valence-corrected chi connectivity index (χ0v) is 15.7. The molecule has 1 N–H and O–H groups in total. The largest absolute Gasteiger partial charge is 0.493 e. The Labute approximate surface area is 152 Å². The minimum atomic E-state index is -0.405. The molecule has 0 bridgehead atoms. The van der Waals surface area contributed by atoms with Gasteiger partial charge in [-0.3, -0.25) is 9.59 Å². The minimum Gasteiger partial charge on any atom is -0.493 e. The smallest absolute Gasteiger partial charge is 0.244 e. The summed E-state index contributed by atoms with van der Waals surface area (Å²) in [7, 11) is 0. The molecule has 24 heavy (non-hydrogen) atoms. The average molecular weight is 371 g/mol. The van der Waals surface area contributed by atoms with Crippen LogP contribution in [0, 0.1) is 0 Å². The number of hydrogen-bond acceptors (Lipinski definition) is 4. The summed E-state index contributed by atoms with van der Waals surface area (Å²) in [5, 5.41) is 3.58. The number of halogens is 1. The normalized spacial score (nSPS) is 17.7. The molecule has 0 saturated carbocycles. The van der Waals surface area contributed by atoms with Gasteiger partial charge in [-0.15, -0.1) is 11.8 Å². The molecule has 2 amide bonds. The number of nitrogens with one attached hydrogen (secondary N) is 1. The van der Waals surface area contributed by atoms with E-state index in [2.05, 4.69) is 5.32 Å². The molecule has 1 aliphatic heterocycles. The van der Waals surface area contributed by atoms with Crippen LogP contribution in [0.5, 0.6) is 5.75 Å². The van der Waals surface area contributed by atoms with Crippen LogP contribution >= 0.6 is 23.4 Å². The van der Waals surface area contributed by atoms with Crippen LogP contribution < -0.4 is 10.1 Å². The van der Waals surface area contributed by atoms with Crippen LogP contribution in [-0.2, 0) is 9.59 Å². The predicted molar refractivity (Wildman–Crippen MR) is 97.4 cm³/mol. The topological polar surface area (TPSA) is 58.6 Å². The molecular formula is C17H23ClN2O3S. The number of carbonyl (C=O) groups is 2. The van der Waals surface area contributed by atoms with Crippen molar-refractivity contribution < 1.29 is 14.3 Å². The Hall–Kier alpha value is -1.40. The maximum Gasteiger partial charge on any atom is 0.244 e. The van der Waals surface area contributed by atoms with Crippen molar-refractivity contribution in [2.75, 3.05) is 18.2 Å². The molecule has 0 radical (unpaired) electrons. The summed E-state index contributed by atoms with van der Waals surface area (Å²) in [6.07, 6.45) is 0.239. The number of benzene rings is 1. The highest BCUT2D eigenvalue weighted by molar-refractivity contribution is 7.99. The molecule has 1 atom stereocenters. The summed E-state index contributed by atoms with van der Waals surface area (Å²) in [6, 6.07) is 6.60. The van der Waals surface area contributed by atoms with Crippen molar-refractivity contribution in [1.82, 2.24) is 10.2 Å². The fourth-order valence-electron chi connectivity index (χ4n) is 2.29. The van der Waals surface area contributed by atoms with E-state index in [0.717, 1.165) is 0 Å². The molecule has 5 nitrogen and oxygen atoms in total. The number of hydrogen-bond donors (Lipinski definition) is 1. The van der Waals surface area contributed by atoms with Gasteiger partial charge in [-0.05, 0) is 45.0 Å². The molecule has 1 heterocycles. The van der Waals surface area contributed by atoms with Crippen LogP contribution in [0.2, 0.25) is 5.02 Å². The van der Waals surface area contributed by atoms with Crippen LogP contribution in [0.1, 0.15) is 27.2 Å². The Morgan fingerprint density at radius 1 is 1.33 bits per heavy atom. The second kappa shape index (κ2) is 8.12. The molecule has 7 heteroatoms. The van der Waals surface area contributed by atoms with Gasteiger partial charge in [-0.1, -0.05) is 11.6 Å². The summed E-state index contributed by atoms with van der Waals surface area (Å²) < 4.78 is 5.55. The van der Waals surface area contributed by atoms with E-state index in [4.69, 9.17) is 16.3 Å². The molecule has 1 unspecified atom stereocenters. The monoisotopic (exact) mass is 370 g/mol. The van der Waals surface area contributed by atoms with Crippen molar-refractivity contribution in [3.05, 3.63) is 29.3 Å². The van der Waals surface area contributed by atoms with E-state index in [-0.39, 0.29) is 30.4 Å². The highest BCUT2D eigenvalue weighted by Crippen LogP contribution is 2.23. The number of ether oxygens (including phenoxy) is 1. The number of amides is 2. The zero-order valence-electron chi connectivity index (χ0n) is 14.2. The summed E-state index contributed by atoms with van der Waals surface area (Å²) in [5.41, 5.74) is -0.309. The van der Waals surface area contributed by atoms with Crippen LogP contribution in [-0.4, -0.2) is 46.5 Å². The lowest BCUT2D eigenvalue weighted by molar-refractivity contribution is -0.139. The Kier molecular flexibility index (Phi) is 6.40. The third-order valence-corrected chi connectivity index (χ3v) is 4.67. The summed E-state index contributed by atoms with van der Waals surface area (Å²) in [5.74, 6) is 1.68. The minimum absolute atomic E-state index is 0.0666. The second-order valence-electron chi connectivity index (χ2n) is 6.67. The van der Waals surface area contributed by atoms with E-state index in [1.54, 1.807) is 40.9 Å². The SMILES string of the molecule is CC(C)(C)NC(=O)C1CSCN1C(=O)CCOc1ccc(Cl)cc1. The Bertz CT molecular complexity index is 586. The van der Waals surface area contributed by atoms with Crippen molar-refractivity contribution in [2.45, 2.75) is 38.8 Å². The van der Waals surface area contributed by atoms with Crippen molar-refractivity contribution >= 4 is 35.2 Å². The molecular weight excluding hydrogens is 348 g/mol. The molecule has 1 fully saturated rings. The predicted octanol–water partition coefficient (Wildman–Crippen LogP) is 2.93. The van der Waals surface area contributed by atoms with E-state index < -0.39 is 6.04 Å². The molecule has 1 saturated heterocycles. The van der Waals surface area contributed by atoms with Crippen molar-refractivity contribution in [1.29, 1.82) is 0 Å². The first-order valence-corrected chi connectivity index (χ1v) is 9.37.